The third-order valence-electron chi connectivity index (χ3n) is 6.23. The molecule has 120 valence electrons. The molecule has 0 atom stereocenters. The summed E-state index contributed by atoms with van der Waals surface area (Å²) in [6, 6.07) is 2.47. The van der Waals surface area contributed by atoms with Gasteiger partial charge in [-0.05, 0) is 56.3 Å². The maximum atomic E-state index is 9.01. The molecular formula is C20H35N. The van der Waals surface area contributed by atoms with Gasteiger partial charge in [0.2, 0.25) is 0 Å². The monoisotopic (exact) mass is 289 g/mol. The second-order valence-corrected chi connectivity index (χ2v) is 7.72. The first-order valence-corrected chi connectivity index (χ1v) is 9.73. The van der Waals surface area contributed by atoms with E-state index in [1.54, 1.807) is 0 Å². The molecule has 2 fully saturated rings. The minimum absolute atomic E-state index is 0.376. The van der Waals surface area contributed by atoms with Crippen molar-refractivity contribution < 1.29 is 0 Å². The zero-order chi connectivity index (χ0) is 14.9. The predicted octanol–water partition coefficient (Wildman–Crippen LogP) is 6.48. The summed E-state index contributed by atoms with van der Waals surface area (Å²) in [4.78, 5) is 0. The van der Waals surface area contributed by atoms with Crippen molar-refractivity contribution in [2.24, 2.45) is 23.7 Å². The minimum atomic E-state index is 0.376. The molecule has 0 aromatic heterocycles. The first-order chi connectivity index (χ1) is 10.3. The van der Waals surface area contributed by atoms with E-state index in [4.69, 9.17) is 5.26 Å². The van der Waals surface area contributed by atoms with Crippen LogP contribution >= 0.6 is 0 Å². The summed E-state index contributed by atoms with van der Waals surface area (Å²) in [6.07, 6.45) is 19.7. The average molecular weight is 290 g/mol. The summed E-state index contributed by atoms with van der Waals surface area (Å²) < 4.78 is 0. The molecule has 0 N–H and O–H groups in total. The highest BCUT2D eigenvalue weighted by atomic mass is 14.4. The molecule has 0 aromatic carbocycles. The molecule has 2 aliphatic rings. The Hall–Kier alpha value is -0.510. The maximum absolute atomic E-state index is 9.01. The van der Waals surface area contributed by atoms with Crippen LogP contribution < -0.4 is 0 Å². The number of unbranched alkanes of at least 4 members (excludes halogenated alkanes) is 4. The number of hydrogen-bond acceptors (Lipinski definition) is 1. The Balaban J connectivity index is 1.57. The van der Waals surface area contributed by atoms with E-state index >= 15 is 0 Å². The minimum Gasteiger partial charge on any atom is -0.198 e. The molecule has 2 rings (SSSR count). The third-order valence-corrected chi connectivity index (χ3v) is 6.23. The van der Waals surface area contributed by atoms with Crippen molar-refractivity contribution in [3.8, 4) is 6.07 Å². The van der Waals surface area contributed by atoms with E-state index in [0.29, 0.717) is 5.92 Å². The van der Waals surface area contributed by atoms with E-state index in [0.717, 1.165) is 17.8 Å². The summed E-state index contributed by atoms with van der Waals surface area (Å²) >= 11 is 0. The van der Waals surface area contributed by atoms with Gasteiger partial charge in [-0.1, -0.05) is 58.3 Å². The molecule has 0 saturated heterocycles. The number of nitrogens with zero attached hydrogens (tertiary/aromatic N) is 1. The van der Waals surface area contributed by atoms with Gasteiger partial charge in [0, 0.05) is 5.92 Å². The van der Waals surface area contributed by atoms with Crippen molar-refractivity contribution in [1.29, 1.82) is 5.26 Å². The van der Waals surface area contributed by atoms with Crippen molar-refractivity contribution in [2.75, 3.05) is 0 Å². The summed E-state index contributed by atoms with van der Waals surface area (Å²) in [7, 11) is 0. The van der Waals surface area contributed by atoms with E-state index in [9.17, 15) is 0 Å². The third kappa shape index (κ3) is 5.65. The largest absolute Gasteiger partial charge is 0.198 e. The Kier molecular flexibility index (Phi) is 7.62. The summed E-state index contributed by atoms with van der Waals surface area (Å²) in [5.74, 6) is 3.38. The molecule has 1 heteroatoms. The zero-order valence-corrected chi connectivity index (χ0v) is 14.2. The molecule has 0 aliphatic heterocycles. The molecule has 0 heterocycles. The van der Waals surface area contributed by atoms with Crippen LogP contribution in [0.1, 0.15) is 96.8 Å². The van der Waals surface area contributed by atoms with Crippen LogP contribution in [-0.2, 0) is 0 Å². The molecular weight excluding hydrogens is 254 g/mol. The van der Waals surface area contributed by atoms with Crippen LogP contribution in [0.25, 0.3) is 0 Å². The van der Waals surface area contributed by atoms with Crippen molar-refractivity contribution >= 4 is 0 Å². The van der Waals surface area contributed by atoms with Gasteiger partial charge in [-0.25, -0.2) is 0 Å². The molecule has 0 unspecified atom stereocenters. The molecule has 1 nitrogen and oxygen atoms in total. The fraction of sp³-hybridized carbons (Fsp3) is 0.950. The molecule has 0 amide bonds. The molecule has 0 aromatic rings. The quantitative estimate of drug-likeness (QED) is 0.492. The van der Waals surface area contributed by atoms with Gasteiger partial charge in [0.25, 0.3) is 0 Å². The van der Waals surface area contributed by atoms with E-state index in [2.05, 4.69) is 13.0 Å². The first kappa shape index (κ1) is 16.9. The predicted molar refractivity (Wildman–Crippen MR) is 89.9 cm³/mol. The molecule has 2 saturated carbocycles. The van der Waals surface area contributed by atoms with Gasteiger partial charge >= 0.3 is 0 Å². The molecule has 21 heavy (non-hydrogen) atoms. The summed E-state index contributed by atoms with van der Waals surface area (Å²) in [6.45, 7) is 2.30. The van der Waals surface area contributed by atoms with Crippen LogP contribution in [0, 0.1) is 35.0 Å². The Morgan fingerprint density at radius 1 is 0.762 bits per heavy atom. The van der Waals surface area contributed by atoms with E-state index < -0.39 is 0 Å². The highest BCUT2D eigenvalue weighted by Gasteiger charge is 2.30. The van der Waals surface area contributed by atoms with Gasteiger partial charge in [0.05, 0.1) is 6.07 Å². The Bertz CT molecular complexity index is 300. The topological polar surface area (TPSA) is 23.8 Å². The van der Waals surface area contributed by atoms with Crippen molar-refractivity contribution in [3.05, 3.63) is 0 Å². The van der Waals surface area contributed by atoms with Crippen LogP contribution in [0.2, 0.25) is 0 Å². The SMILES string of the molecule is CCCCCCC[C@H]1CC[C@H](C2CCC(C#N)CC2)CC1. The van der Waals surface area contributed by atoms with Crippen LogP contribution in [0.4, 0.5) is 0 Å². The Morgan fingerprint density at radius 2 is 1.33 bits per heavy atom. The van der Waals surface area contributed by atoms with E-state index in [-0.39, 0.29) is 0 Å². The average Bonchev–Trinajstić information content (AvgIpc) is 2.55. The second-order valence-electron chi connectivity index (χ2n) is 7.72. The van der Waals surface area contributed by atoms with Gasteiger partial charge in [-0.15, -0.1) is 0 Å². The lowest BCUT2D eigenvalue weighted by atomic mass is 9.69. The van der Waals surface area contributed by atoms with E-state index in [1.165, 1.54) is 89.9 Å². The lowest BCUT2D eigenvalue weighted by Crippen LogP contribution is -2.25. The van der Waals surface area contributed by atoms with Crippen LogP contribution in [-0.4, -0.2) is 0 Å². The fourth-order valence-electron chi connectivity index (χ4n) is 4.70. The van der Waals surface area contributed by atoms with Gasteiger partial charge in [0.1, 0.15) is 0 Å². The van der Waals surface area contributed by atoms with Gasteiger partial charge in [-0.2, -0.15) is 5.26 Å². The molecule has 0 bridgehead atoms. The molecule has 0 radical (unpaired) electrons. The Morgan fingerprint density at radius 3 is 1.90 bits per heavy atom. The first-order valence-electron chi connectivity index (χ1n) is 9.73. The van der Waals surface area contributed by atoms with Crippen LogP contribution in [0.5, 0.6) is 0 Å². The number of hydrogen-bond donors (Lipinski definition) is 0. The maximum Gasteiger partial charge on any atom is 0.0655 e. The zero-order valence-electron chi connectivity index (χ0n) is 14.2. The van der Waals surface area contributed by atoms with E-state index in [1.807, 2.05) is 0 Å². The smallest absolute Gasteiger partial charge is 0.0655 e. The summed E-state index contributed by atoms with van der Waals surface area (Å²) in [5, 5.41) is 9.01. The van der Waals surface area contributed by atoms with Crippen LogP contribution in [0.15, 0.2) is 0 Å². The fourth-order valence-corrected chi connectivity index (χ4v) is 4.70. The molecule has 0 spiro atoms. The normalized spacial score (nSPS) is 33.5. The van der Waals surface area contributed by atoms with Gasteiger partial charge in [-0.3, -0.25) is 0 Å². The van der Waals surface area contributed by atoms with Gasteiger partial charge < -0.3 is 0 Å². The lowest BCUT2D eigenvalue weighted by Gasteiger charge is -2.36. The highest BCUT2D eigenvalue weighted by Crippen LogP contribution is 2.42. The number of rotatable bonds is 7. The lowest BCUT2D eigenvalue weighted by molar-refractivity contribution is 0.152. The van der Waals surface area contributed by atoms with Gasteiger partial charge in [0.15, 0.2) is 0 Å². The second kappa shape index (κ2) is 9.50. The Labute approximate surface area is 132 Å². The van der Waals surface area contributed by atoms with Crippen LogP contribution in [0.3, 0.4) is 0 Å². The standard InChI is InChI=1S/C20H35N/c1-2-3-4-5-6-7-17-8-12-19(13-9-17)20-14-10-18(16-21)11-15-20/h17-20H,2-15H2,1H3/t17-,18?,19-,20?. The van der Waals surface area contributed by atoms with Crippen molar-refractivity contribution in [3.63, 3.8) is 0 Å². The van der Waals surface area contributed by atoms with Crippen molar-refractivity contribution in [1.82, 2.24) is 0 Å². The van der Waals surface area contributed by atoms with Crippen molar-refractivity contribution in [2.45, 2.75) is 96.8 Å². The molecule has 2 aliphatic carbocycles. The summed E-state index contributed by atoms with van der Waals surface area (Å²) in [5.41, 5.74) is 0. The number of nitriles is 1. The highest BCUT2D eigenvalue weighted by molar-refractivity contribution is 4.89.